The highest BCUT2D eigenvalue weighted by Gasteiger charge is 2.01. The van der Waals surface area contributed by atoms with Gasteiger partial charge >= 0.3 is 0 Å². The Morgan fingerprint density at radius 1 is 0.625 bits per heavy atom. The van der Waals surface area contributed by atoms with E-state index in [2.05, 4.69) is 20.5 Å². The molecule has 0 amide bonds. The first-order valence-corrected chi connectivity index (χ1v) is 7.49. The van der Waals surface area contributed by atoms with E-state index in [1.54, 1.807) is 18.2 Å². The number of phenols is 1. The highest BCUT2D eigenvalue weighted by Crippen LogP contribution is 2.31. The molecule has 0 saturated heterocycles. The van der Waals surface area contributed by atoms with Crippen LogP contribution < -0.4 is 0 Å². The largest absolute Gasteiger partial charge is 0.508 e. The van der Waals surface area contributed by atoms with Crippen molar-refractivity contribution in [3.8, 4) is 5.75 Å². The zero-order chi connectivity index (χ0) is 16.8. The summed E-state index contributed by atoms with van der Waals surface area (Å²) in [6, 6.07) is 22.0. The van der Waals surface area contributed by atoms with Crippen molar-refractivity contribution in [3.63, 3.8) is 0 Å². The van der Waals surface area contributed by atoms with Gasteiger partial charge in [0.1, 0.15) is 17.1 Å². The lowest BCUT2D eigenvalue weighted by Gasteiger charge is -2.00. The Balaban J connectivity index is 1.85. The van der Waals surface area contributed by atoms with E-state index in [0.29, 0.717) is 17.1 Å². The summed E-state index contributed by atoms with van der Waals surface area (Å²) >= 11 is 0. The van der Waals surface area contributed by atoms with E-state index in [-0.39, 0.29) is 5.75 Å². The van der Waals surface area contributed by atoms with Crippen molar-refractivity contribution in [2.75, 3.05) is 0 Å². The van der Waals surface area contributed by atoms with Gasteiger partial charge in [0.25, 0.3) is 0 Å². The van der Waals surface area contributed by atoms with Gasteiger partial charge in [0.05, 0.1) is 11.4 Å². The quantitative estimate of drug-likeness (QED) is 0.546. The predicted octanol–water partition coefficient (Wildman–Crippen LogP) is 6.53. The number of hydrogen-bond donors (Lipinski definition) is 1. The second-order valence-electron chi connectivity index (χ2n) is 5.20. The Bertz CT molecular complexity index is 889. The van der Waals surface area contributed by atoms with Gasteiger partial charge in [0.2, 0.25) is 0 Å². The van der Waals surface area contributed by atoms with Gasteiger partial charge in [-0.25, -0.2) is 0 Å². The molecule has 0 radical (unpaired) electrons. The van der Waals surface area contributed by atoms with Crippen molar-refractivity contribution >= 4 is 22.7 Å². The van der Waals surface area contributed by atoms with Gasteiger partial charge in [-0.3, -0.25) is 0 Å². The maximum atomic E-state index is 9.55. The molecule has 0 atom stereocenters. The summed E-state index contributed by atoms with van der Waals surface area (Å²) in [7, 11) is 0. The van der Waals surface area contributed by atoms with Crippen LogP contribution in [0.3, 0.4) is 0 Å². The number of nitrogens with zero attached hydrogens (tertiary/aromatic N) is 4. The van der Waals surface area contributed by atoms with Gasteiger partial charge in [-0.2, -0.15) is 10.2 Å². The second kappa shape index (κ2) is 7.28. The molecule has 0 spiro atoms. The van der Waals surface area contributed by atoms with E-state index in [1.165, 1.54) is 0 Å². The molecule has 0 heterocycles. The van der Waals surface area contributed by atoms with Crippen LogP contribution in [0.4, 0.5) is 22.7 Å². The second-order valence-corrected chi connectivity index (χ2v) is 5.20. The van der Waals surface area contributed by atoms with Crippen molar-refractivity contribution in [1.29, 1.82) is 0 Å². The fourth-order valence-electron chi connectivity index (χ4n) is 2.05. The lowest BCUT2D eigenvalue weighted by molar-refractivity contribution is 0.471. The van der Waals surface area contributed by atoms with Crippen LogP contribution >= 0.6 is 0 Å². The molecule has 3 aromatic rings. The Morgan fingerprint density at radius 2 is 1.21 bits per heavy atom. The number of rotatable bonds is 4. The van der Waals surface area contributed by atoms with Crippen molar-refractivity contribution in [3.05, 3.63) is 78.4 Å². The summed E-state index contributed by atoms with van der Waals surface area (Å²) < 4.78 is 0. The van der Waals surface area contributed by atoms with E-state index in [1.807, 2.05) is 61.5 Å². The van der Waals surface area contributed by atoms with Crippen molar-refractivity contribution in [2.45, 2.75) is 6.92 Å². The summed E-state index contributed by atoms with van der Waals surface area (Å²) in [5, 5.41) is 26.5. The van der Waals surface area contributed by atoms with Crippen molar-refractivity contribution < 1.29 is 5.11 Å². The average molecular weight is 316 g/mol. The number of hydrogen-bond acceptors (Lipinski definition) is 5. The minimum absolute atomic E-state index is 0.242. The van der Waals surface area contributed by atoms with Crippen LogP contribution in [0.15, 0.2) is 93.3 Å². The normalized spacial score (nSPS) is 11.4. The Morgan fingerprint density at radius 3 is 1.83 bits per heavy atom. The lowest BCUT2D eigenvalue weighted by Crippen LogP contribution is -1.73. The molecule has 5 heteroatoms. The van der Waals surface area contributed by atoms with E-state index in [4.69, 9.17) is 0 Å². The molecule has 0 bridgehead atoms. The molecule has 0 aromatic heterocycles. The van der Waals surface area contributed by atoms with Gasteiger partial charge < -0.3 is 5.11 Å². The summed E-state index contributed by atoms with van der Waals surface area (Å²) in [4.78, 5) is 0. The Hall–Kier alpha value is -3.34. The van der Waals surface area contributed by atoms with Gasteiger partial charge in [-0.05, 0) is 55.0 Å². The summed E-state index contributed by atoms with van der Waals surface area (Å²) in [6.45, 7) is 1.82. The molecule has 0 fully saturated rings. The summed E-state index contributed by atoms with van der Waals surface area (Å²) in [5.41, 5.74) is 3.46. The third-order valence-electron chi connectivity index (χ3n) is 3.36. The summed E-state index contributed by atoms with van der Waals surface area (Å²) in [6.07, 6.45) is 0. The minimum atomic E-state index is 0.242. The maximum absolute atomic E-state index is 9.55. The molecular formula is C19H16N4O. The lowest BCUT2D eigenvalue weighted by atomic mass is 10.2. The number of aryl methyl sites for hydroxylation is 1. The molecule has 0 saturated carbocycles. The Kier molecular flexibility index (Phi) is 4.72. The molecule has 0 aliphatic heterocycles. The van der Waals surface area contributed by atoms with E-state index in [0.717, 1.165) is 11.3 Å². The molecule has 5 nitrogen and oxygen atoms in total. The molecule has 1 N–H and O–H groups in total. The molecule has 0 aliphatic carbocycles. The fraction of sp³-hybridized carbons (Fsp3) is 0.0526. The van der Waals surface area contributed by atoms with Gasteiger partial charge in [-0.1, -0.05) is 30.3 Å². The monoisotopic (exact) mass is 316 g/mol. The number of azo groups is 2. The zero-order valence-corrected chi connectivity index (χ0v) is 13.2. The molecule has 0 aliphatic rings. The third-order valence-corrected chi connectivity index (χ3v) is 3.36. The number of benzene rings is 3. The van der Waals surface area contributed by atoms with E-state index >= 15 is 0 Å². The molecule has 0 unspecified atom stereocenters. The van der Waals surface area contributed by atoms with Crippen LogP contribution in [0.1, 0.15) is 5.56 Å². The van der Waals surface area contributed by atoms with Gasteiger partial charge in [0, 0.05) is 0 Å². The molecule has 3 aromatic carbocycles. The van der Waals surface area contributed by atoms with Crippen LogP contribution in [0.2, 0.25) is 0 Å². The summed E-state index contributed by atoms with van der Waals surface area (Å²) in [5.74, 6) is 0.242. The molecule has 24 heavy (non-hydrogen) atoms. The maximum Gasteiger partial charge on any atom is 0.118 e. The standard InChI is InChI=1S/C19H16N4O/c1-14-13-16(11-12-19(14)24)21-23-18-10-6-5-9-17(18)22-20-15-7-3-2-4-8-15/h2-13,24H,1H3. The topological polar surface area (TPSA) is 69.7 Å². The van der Waals surface area contributed by atoms with E-state index < -0.39 is 0 Å². The predicted molar refractivity (Wildman–Crippen MR) is 94.1 cm³/mol. The zero-order valence-electron chi connectivity index (χ0n) is 13.2. The Labute approximate surface area is 140 Å². The first-order valence-electron chi connectivity index (χ1n) is 7.49. The fourth-order valence-corrected chi connectivity index (χ4v) is 2.05. The third kappa shape index (κ3) is 3.89. The van der Waals surface area contributed by atoms with Crippen LogP contribution in [0.25, 0.3) is 0 Å². The van der Waals surface area contributed by atoms with Crippen LogP contribution in [0, 0.1) is 6.92 Å². The van der Waals surface area contributed by atoms with Crippen LogP contribution in [-0.2, 0) is 0 Å². The number of aromatic hydroxyl groups is 1. The SMILES string of the molecule is Cc1cc(N=Nc2ccccc2N=Nc2ccccc2)ccc1O. The van der Waals surface area contributed by atoms with Crippen molar-refractivity contribution in [2.24, 2.45) is 20.5 Å². The van der Waals surface area contributed by atoms with Crippen LogP contribution in [0.5, 0.6) is 5.75 Å². The molecule has 3 rings (SSSR count). The first-order chi connectivity index (χ1) is 11.7. The highest BCUT2D eigenvalue weighted by molar-refractivity contribution is 5.61. The smallest absolute Gasteiger partial charge is 0.118 e. The molecule has 118 valence electrons. The number of phenolic OH excluding ortho intramolecular Hbond substituents is 1. The average Bonchev–Trinajstić information content (AvgIpc) is 2.62. The first kappa shape index (κ1) is 15.6. The minimum Gasteiger partial charge on any atom is -0.508 e. The van der Waals surface area contributed by atoms with Gasteiger partial charge in [-0.15, -0.1) is 10.2 Å². The highest BCUT2D eigenvalue weighted by atomic mass is 16.3. The van der Waals surface area contributed by atoms with E-state index in [9.17, 15) is 5.11 Å². The molecular weight excluding hydrogens is 300 g/mol. The van der Waals surface area contributed by atoms with Crippen molar-refractivity contribution in [1.82, 2.24) is 0 Å². The van der Waals surface area contributed by atoms with Crippen LogP contribution in [-0.4, -0.2) is 5.11 Å². The van der Waals surface area contributed by atoms with Gasteiger partial charge in [0.15, 0.2) is 0 Å².